The molecule has 0 N–H and O–H groups in total. The van der Waals surface area contributed by atoms with Crippen molar-refractivity contribution < 1.29 is 14.3 Å². The molecule has 4 nitrogen and oxygen atoms in total. The van der Waals surface area contributed by atoms with Crippen LogP contribution in [-0.2, 0) is 9.47 Å². The molecule has 0 radical (unpaired) electrons. The minimum absolute atomic E-state index is 0.0490. The maximum absolute atomic E-state index is 13.8. The fraction of sp³-hybridized carbons (Fsp3) is 0.345. The number of ether oxygens (including phenoxy) is 2. The van der Waals surface area contributed by atoms with Crippen LogP contribution in [0.4, 0.5) is 4.79 Å². The van der Waals surface area contributed by atoms with Gasteiger partial charge in [0.15, 0.2) is 0 Å². The molecule has 1 aliphatic heterocycles. The monoisotopic (exact) mass is 565 g/mol. The third-order valence-corrected chi connectivity index (χ3v) is 20.5. The average Bonchev–Trinajstić information content (AvgIpc) is 3.27. The molecule has 3 aromatic rings. The summed E-state index contributed by atoms with van der Waals surface area (Å²) in [6, 6.07) is 32.0. The van der Waals surface area contributed by atoms with Crippen LogP contribution in [0.2, 0.25) is 0 Å². The topological polar surface area (TPSA) is 38.8 Å². The molecule has 1 amide bonds. The van der Waals surface area contributed by atoms with Gasteiger partial charge >= 0.3 is 208 Å². The number of hydrogen-bond acceptors (Lipinski definition) is 3. The zero-order valence-electron chi connectivity index (χ0n) is 20.8. The van der Waals surface area contributed by atoms with Crippen LogP contribution in [-0.4, -0.2) is 51.9 Å². The molecule has 178 valence electrons. The molecule has 1 aliphatic rings. The van der Waals surface area contributed by atoms with Crippen molar-refractivity contribution in [2.45, 2.75) is 50.5 Å². The van der Waals surface area contributed by atoms with E-state index < -0.39 is 24.0 Å². The molecule has 2 atom stereocenters. The molecular weight excluding hydrogens is 529 g/mol. The number of benzene rings is 3. The van der Waals surface area contributed by atoms with Crippen LogP contribution in [0.25, 0.3) is 0 Å². The summed E-state index contributed by atoms with van der Waals surface area (Å²) in [5, 5.41) is 0. The molecular formula is C29H35NO3Sn. The number of carbonyl (C=O) groups excluding carboxylic acids is 1. The summed E-state index contributed by atoms with van der Waals surface area (Å²) in [7, 11) is 0. The minimum atomic E-state index is -3.97. The predicted octanol–water partition coefficient (Wildman–Crippen LogP) is 4.31. The quantitative estimate of drug-likeness (QED) is 0.434. The molecule has 3 aromatic carbocycles. The van der Waals surface area contributed by atoms with Gasteiger partial charge in [-0.1, -0.05) is 0 Å². The van der Waals surface area contributed by atoms with E-state index in [1.807, 2.05) is 43.9 Å². The fourth-order valence-corrected chi connectivity index (χ4v) is 19.4. The normalized spacial score (nSPS) is 18.8. The summed E-state index contributed by atoms with van der Waals surface area (Å²) >= 11 is -3.97. The second-order valence-electron chi connectivity index (χ2n) is 10.3. The molecule has 4 rings (SSSR count). The Morgan fingerprint density at radius 2 is 1.26 bits per heavy atom. The van der Waals surface area contributed by atoms with Crippen LogP contribution in [0.5, 0.6) is 0 Å². The van der Waals surface area contributed by atoms with Crippen LogP contribution >= 0.6 is 0 Å². The van der Waals surface area contributed by atoms with E-state index in [0.29, 0.717) is 6.61 Å². The first-order valence-corrected chi connectivity index (χ1v) is 18.0. The molecule has 0 unspecified atom stereocenters. The Kier molecular flexibility index (Phi) is 7.39. The van der Waals surface area contributed by atoms with E-state index in [1.165, 1.54) is 10.7 Å². The molecule has 0 aromatic heterocycles. The van der Waals surface area contributed by atoms with Crippen molar-refractivity contribution in [1.82, 2.24) is 4.90 Å². The van der Waals surface area contributed by atoms with E-state index in [1.54, 1.807) is 0 Å². The Morgan fingerprint density at radius 1 is 0.853 bits per heavy atom. The van der Waals surface area contributed by atoms with Crippen molar-refractivity contribution in [2.75, 3.05) is 6.61 Å². The summed E-state index contributed by atoms with van der Waals surface area (Å²) in [6.45, 7) is 10.6. The summed E-state index contributed by atoms with van der Waals surface area (Å²) in [5.41, 5.74) is -0.587. The third-order valence-electron chi connectivity index (χ3n) is 6.47. The van der Waals surface area contributed by atoms with Gasteiger partial charge in [-0.05, 0) is 0 Å². The van der Waals surface area contributed by atoms with Gasteiger partial charge in [-0.2, -0.15) is 0 Å². The van der Waals surface area contributed by atoms with Gasteiger partial charge in [-0.15, -0.1) is 0 Å². The Bertz CT molecular complexity index is 984. The summed E-state index contributed by atoms with van der Waals surface area (Å²) in [4.78, 5) is 15.7. The summed E-state index contributed by atoms with van der Waals surface area (Å²) < 4.78 is 16.2. The van der Waals surface area contributed by atoms with Crippen molar-refractivity contribution in [3.05, 3.63) is 91.0 Å². The Hall–Kier alpha value is -2.31. The van der Waals surface area contributed by atoms with E-state index in [0.717, 1.165) is 0 Å². The number of rotatable bonds is 5. The summed E-state index contributed by atoms with van der Waals surface area (Å²) in [5.74, 6) is 0.240. The number of amides is 1. The van der Waals surface area contributed by atoms with E-state index in [9.17, 15) is 4.79 Å². The molecule has 1 saturated heterocycles. The standard InChI is InChI=1S/C11H20NO3.3C6H5.Sn/c1-8(2)9-6-14-7-12(9)10(13)15-11(3,4)5;3*1-2-4-6-5-3-1;/h7-9H,6H2,1-5H3;3*1-5H;/t9-;;;;/m0..../s1. The second kappa shape index (κ2) is 10.1. The molecule has 0 saturated carbocycles. The van der Waals surface area contributed by atoms with Crippen LogP contribution in [0.15, 0.2) is 91.0 Å². The molecule has 5 heteroatoms. The van der Waals surface area contributed by atoms with Gasteiger partial charge in [0.25, 0.3) is 0 Å². The van der Waals surface area contributed by atoms with Crippen molar-refractivity contribution in [2.24, 2.45) is 5.92 Å². The summed E-state index contributed by atoms with van der Waals surface area (Å²) in [6.07, 6.45) is -0.294. The average molecular weight is 564 g/mol. The van der Waals surface area contributed by atoms with E-state index in [4.69, 9.17) is 9.47 Å². The van der Waals surface area contributed by atoms with E-state index in [-0.39, 0.29) is 22.3 Å². The first-order valence-electron chi connectivity index (χ1n) is 12.0. The van der Waals surface area contributed by atoms with Crippen molar-refractivity contribution in [1.29, 1.82) is 0 Å². The van der Waals surface area contributed by atoms with E-state index in [2.05, 4.69) is 86.6 Å². The fourth-order valence-electron chi connectivity index (χ4n) is 4.95. The van der Waals surface area contributed by atoms with Gasteiger partial charge in [0.2, 0.25) is 0 Å². The van der Waals surface area contributed by atoms with Crippen LogP contribution in [0.1, 0.15) is 34.6 Å². The van der Waals surface area contributed by atoms with Crippen molar-refractivity contribution in [3.63, 3.8) is 0 Å². The van der Waals surface area contributed by atoms with Crippen LogP contribution in [0, 0.1) is 5.92 Å². The number of carbonyl (C=O) groups is 1. The van der Waals surface area contributed by atoms with Gasteiger partial charge < -0.3 is 0 Å². The van der Waals surface area contributed by atoms with Crippen molar-refractivity contribution in [3.8, 4) is 0 Å². The zero-order chi connectivity index (χ0) is 24.3. The molecule has 0 bridgehead atoms. The van der Waals surface area contributed by atoms with Crippen LogP contribution < -0.4 is 10.7 Å². The molecule has 0 aliphatic carbocycles. The van der Waals surface area contributed by atoms with Gasteiger partial charge in [0, 0.05) is 0 Å². The Balaban J connectivity index is 2.00. The van der Waals surface area contributed by atoms with Gasteiger partial charge in [0.1, 0.15) is 0 Å². The van der Waals surface area contributed by atoms with Gasteiger partial charge in [-0.3, -0.25) is 0 Å². The number of hydrogen-bond donors (Lipinski definition) is 0. The first-order chi connectivity index (χ1) is 16.2. The molecule has 0 spiro atoms. The van der Waals surface area contributed by atoms with Crippen molar-refractivity contribution >= 4 is 35.2 Å². The zero-order valence-corrected chi connectivity index (χ0v) is 23.6. The maximum atomic E-state index is 13.8. The Morgan fingerprint density at radius 3 is 1.62 bits per heavy atom. The third kappa shape index (κ3) is 4.75. The number of nitrogens with zero attached hydrogens (tertiary/aromatic N) is 1. The van der Waals surface area contributed by atoms with Gasteiger partial charge in [0.05, 0.1) is 0 Å². The molecule has 34 heavy (non-hydrogen) atoms. The van der Waals surface area contributed by atoms with E-state index >= 15 is 0 Å². The predicted molar refractivity (Wildman–Crippen MR) is 140 cm³/mol. The SMILES string of the molecule is CC(C)[C@@H]1CO[C@@H]([Sn]([c]2ccccc2)([c]2ccccc2)[c]2ccccc2)N1C(=O)OC(C)(C)C. The Labute approximate surface area is 207 Å². The molecule has 1 fully saturated rings. The second-order valence-corrected chi connectivity index (χ2v) is 21.3. The van der Waals surface area contributed by atoms with Gasteiger partial charge in [-0.25, -0.2) is 0 Å². The first kappa shape index (κ1) is 24.8. The van der Waals surface area contributed by atoms with Crippen LogP contribution in [0.3, 0.4) is 0 Å². The molecule has 1 heterocycles.